The zero-order chi connectivity index (χ0) is 19.0. The van der Waals surface area contributed by atoms with Gasteiger partial charge in [0.2, 0.25) is 5.95 Å². The van der Waals surface area contributed by atoms with Crippen LogP contribution in [-0.2, 0) is 16.8 Å². The van der Waals surface area contributed by atoms with Crippen LogP contribution in [0, 0.1) is 0 Å². The Balaban J connectivity index is 1.49. The number of carbonyl (C=O) groups is 1. The molecule has 142 valence electrons. The number of anilines is 1. The van der Waals surface area contributed by atoms with Crippen LogP contribution in [0.4, 0.5) is 5.95 Å². The van der Waals surface area contributed by atoms with Gasteiger partial charge < -0.3 is 15.4 Å². The van der Waals surface area contributed by atoms with Crippen molar-refractivity contribution in [3.63, 3.8) is 0 Å². The summed E-state index contributed by atoms with van der Waals surface area (Å²) in [6.07, 6.45) is 4.08. The second kappa shape index (κ2) is 6.93. The van der Waals surface area contributed by atoms with Gasteiger partial charge >= 0.3 is 0 Å². The van der Waals surface area contributed by atoms with E-state index < -0.39 is 5.60 Å². The topological polar surface area (TPSA) is 81.3 Å². The fourth-order valence-corrected chi connectivity index (χ4v) is 4.07. The second-order valence-electron chi connectivity index (χ2n) is 7.76. The Hall–Kier alpha value is -2.47. The number of aromatic nitrogens is 2. The third-order valence-corrected chi connectivity index (χ3v) is 5.75. The zero-order valence-corrected chi connectivity index (χ0v) is 15.9. The molecule has 0 aliphatic carbocycles. The Kier molecular flexibility index (Phi) is 4.60. The van der Waals surface area contributed by atoms with Crippen LogP contribution in [0.3, 0.4) is 0 Å². The number of ether oxygens (including phenoxy) is 1. The molecule has 1 spiro atoms. The third-order valence-electron chi connectivity index (χ3n) is 5.75. The monoisotopic (exact) mass is 366 g/mol. The number of benzene rings is 1. The van der Waals surface area contributed by atoms with E-state index in [1.807, 2.05) is 35.4 Å². The summed E-state index contributed by atoms with van der Waals surface area (Å²) in [6, 6.07) is 7.96. The number of nitrogens with two attached hydrogens (primary N) is 1. The molecule has 0 bridgehead atoms. The molecule has 1 amide bonds. The summed E-state index contributed by atoms with van der Waals surface area (Å²) in [7, 11) is 0. The van der Waals surface area contributed by atoms with Crippen molar-refractivity contribution < 1.29 is 9.53 Å². The predicted octanol–water partition coefficient (Wildman–Crippen LogP) is 2.89. The number of nitrogens with zero attached hydrogens (tertiary/aromatic N) is 3. The van der Waals surface area contributed by atoms with Gasteiger partial charge in [0.05, 0.1) is 12.3 Å². The first-order valence-electron chi connectivity index (χ1n) is 9.63. The van der Waals surface area contributed by atoms with E-state index >= 15 is 0 Å². The van der Waals surface area contributed by atoms with Crippen molar-refractivity contribution in [2.45, 2.75) is 44.6 Å². The molecule has 0 radical (unpaired) electrons. The van der Waals surface area contributed by atoms with E-state index in [4.69, 9.17) is 10.5 Å². The quantitative estimate of drug-likeness (QED) is 0.884. The molecule has 1 aromatic carbocycles. The summed E-state index contributed by atoms with van der Waals surface area (Å²) in [5.41, 5.74) is 9.38. The Morgan fingerprint density at radius 3 is 2.59 bits per heavy atom. The molecule has 4 rings (SSSR count). The lowest BCUT2D eigenvalue weighted by Crippen LogP contribution is -2.49. The van der Waals surface area contributed by atoms with Crippen molar-refractivity contribution in [1.29, 1.82) is 0 Å². The second-order valence-corrected chi connectivity index (χ2v) is 7.76. The van der Waals surface area contributed by atoms with E-state index in [2.05, 4.69) is 23.8 Å². The standard InChI is InChI=1S/C21H26N4O2/c1-14(2)15-3-5-16(6-4-15)19(26)25-10-8-21(9-11-25)18-17(7-12-27-21)13-23-20(22)24-18/h3-6,13-14H,7-12H2,1-2H3,(H2,22,23,24). The lowest BCUT2D eigenvalue weighted by Gasteiger charge is -2.44. The van der Waals surface area contributed by atoms with E-state index in [9.17, 15) is 4.79 Å². The molecular formula is C21H26N4O2. The van der Waals surface area contributed by atoms with Crippen molar-refractivity contribution in [2.75, 3.05) is 25.4 Å². The number of hydrogen-bond acceptors (Lipinski definition) is 5. The fraction of sp³-hybridized carbons (Fsp3) is 0.476. The number of rotatable bonds is 2. The molecule has 2 N–H and O–H groups in total. The fourth-order valence-electron chi connectivity index (χ4n) is 4.07. The molecule has 27 heavy (non-hydrogen) atoms. The van der Waals surface area contributed by atoms with Crippen LogP contribution in [0.25, 0.3) is 0 Å². The molecule has 1 aromatic heterocycles. The lowest BCUT2D eigenvalue weighted by molar-refractivity contribution is -0.0966. The summed E-state index contributed by atoms with van der Waals surface area (Å²) >= 11 is 0. The first kappa shape index (κ1) is 17.9. The minimum absolute atomic E-state index is 0.0818. The molecule has 0 atom stereocenters. The van der Waals surface area contributed by atoms with Gasteiger partial charge in [0.25, 0.3) is 5.91 Å². The number of fused-ring (bicyclic) bond motifs is 2. The molecule has 2 aromatic rings. The number of piperidine rings is 1. The molecule has 2 aliphatic rings. The maximum atomic E-state index is 12.9. The molecule has 2 aliphatic heterocycles. The summed E-state index contributed by atoms with van der Waals surface area (Å²) in [6.45, 7) is 6.26. The summed E-state index contributed by atoms with van der Waals surface area (Å²) in [4.78, 5) is 23.4. The van der Waals surface area contributed by atoms with E-state index in [-0.39, 0.29) is 11.9 Å². The Morgan fingerprint density at radius 2 is 1.93 bits per heavy atom. The molecule has 0 saturated carbocycles. The SMILES string of the molecule is CC(C)c1ccc(C(=O)N2CCC3(CC2)OCCc2cnc(N)nc23)cc1. The van der Waals surface area contributed by atoms with Gasteiger partial charge in [0, 0.05) is 24.8 Å². The Bertz CT molecular complexity index is 840. The highest BCUT2D eigenvalue weighted by atomic mass is 16.5. The summed E-state index contributed by atoms with van der Waals surface area (Å²) in [5.74, 6) is 0.822. The van der Waals surface area contributed by atoms with Gasteiger partial charge in [-0.25, -0.2) is 9.97 Å². The predicted molar refractivity (Wildman–Crippen MR) is 103 cm³/mol. The van der Waals surface area contributed by atoms with Crippen molar-refractivity contribution in [3.05, 3.63) is 52.8 Å². The molecule has 1 fully saturated rings. The number of nitrogen functional groups attached to an aromatic ring is 1. The Morgan fingerprint density at radius 1 is 1.22 bits per heavy atom. The minimum atomic E-state index is -0.442. The third kappa shape index (κ3) is 3.30. The molecule has 6 nitrogen and oxygen atoms in total. The molecule has 6 heteroatoms. The normalized spacial score (nSPS) is 18.6. The zero-order valence-electron chi connectivity index (χ0n) is 15.9. The first-order valence-corrected chi connectivity index (χ1v) is 9.63. The average Bonchev–Trinajstić information content (AvgIpc) is 2.69. The average molecular weight is 366 g/mol. The van der Waals surface area contributed by atoms with Crippen LogP contribution in [0.2, 0.25) is 0 Å². The van der Waals surface area contributed by atoms with Crippen LogP contribution < -0.4 is 5.73 Å². The summed E-state index contributed by atoms with van der Waals surface area (Å²) in [5, 5.41) is 0. The number of hydrogen-bond donors (Lipinski definition) is 1. The molecule has 1 saturated heterocycles. The van der Waals surface area contributed by atoms with Crippen LogP contribution >= 0.6 is 0 Å². The summed E-state index contributed by atoms with van der Waals surface area (Å²) < 4.78 is 6.18. The van der Waals surface area contributed by atoms with Crippen LogP contribution in [0.1, 0.15) is 59.8 Å². The smallest absolute Gasteiger partial charge is 0.253 e. The first-order chi connectivity index (χ1) is 13.0. The van der Waals surface area contributed by atoms with Crippen molar-refractivity contribution in [3.8, 4) is 0 Å². The number of carbonyl (C=O) groups excluding carboxylic acids is 1. The van der Waals surface area contributed by atoms with Crippen molar-refractivity contribution in [1.82, 2.24) is 14.9 Å². The highest BCUT2D eigenvalue weighted by molar-refractivity contribution is 5.94. The number of likely N-dealkylation sites (tertiary alicyclic amines) is 1. The Labute approximate surface area is 159 Å². The number of amides is 1. The lowest BCUT2D eigenvalue weighted by atomic mass is 9.83. The van der Waals surface area contributed by atoms with Gasteiger partial charge in [0.1, 0.15) is 5.60 Å². The van der Waals surface area contributed by atoms with Gasteiger partial charge in [-0.05, 0) is 48.4 Å². The molecular weight excluding hydrogens is 340 g/mol. The highest BCUT2D eigenvalue weighted by Crippen LogP contribution is 2.40. The van der Waals surface area contributed by atoms with Gasteiger partial charge in [-0.15, -0.1) is 0 Å². The van der Waals surface area contributed by atoms with Gasteiger partial charge in [0.15, 0.2) is 0 Å². The van der Waals surface area contributed by atoms with Crippen molar-refractivity contribution >= 4 is 11.9 Å². The van der Waals surface area contributed by atoms with Crippen LogP contribution in [0.5, 0.6) is 0 Å². The van der Waals surface area contributed by atoms with Gasteiger partial charge in [-0.2, -0.15) is 0 Å². The minimum Gasteiger partial charge on any atom is -0.368 e. The molecule has 0 unspecified atom stereocenters. The van der Waals surface area contributed by atoms with E-state index in [0.717, 1.165) is 36.1 Å². The van der Waals surface area contributed by atoms with Gasteiger partial charge in [-0.3, -0.25) is 4.79 Å². The highest BCUT2D eigenvalue weighted by Gasteiger charge is 2.43. The van der Waals surface area contributed by atoms with E-state index in [0.29, 0.717) is 25.6 Å². The van der Waals surface area contributed by atoms with Crippen molar-refractivity contribution in [2.24, 2.45) is 0 Å². The largest absolute Gasteiger partial charge is 0.368 e. The molecule has 3 heterocycles. The maximum absolute atomic E-state index is 12.9. The van der Waals surface area contributed by atoms with Crippen LogP contribution in [-0.4, -0.2) is 40.5 Å². The van der Waals surface area contributed by atoms with E-state index in [1.54, 1.807) is 0 Å². The van der Waals surface area contributed by atoms with E-state index in [1.165, 1.54) is 5.56 Å². The van der Waals surface area contributed by atoms with Crippen LogP contribution in [0.15, 0.2) is 30.5 Å². The maximum Gasteiger partial charge on any atom is 0.253 e. The van der Waals surface area contributed by atoms with Gasteiger partial charge in [-0.1, -0.05) is 26.0 Å².